The molecule has 27 heavy (non-hydrogen) atoms. The van der Waals surface area contributed by atoms with Crippen molar-refractivity contribution < 1.29 is 17.9 Å². The van der Waals surface area contributed by atoms with E-state index in [0.717, 1.165) is 0 Å². The van der Waals surface area contributed by atoms with E-state index in [1.54, 1.807) is 19.9 Å². The summed E-state index contributed by atoms with van der Waals surface area (Å²) in [5, 5.41) is 9.44. The Hall–Kier alpha value is -3.05. The van der Waals surface area contributed by atoms with Crippen molar-refractivity contribution in [3.05, 3.63) is 47.3 Å². The van der Waals surface area contributed by atoms with Crippen LogP contribution in [0.3, 0.4) is 0 Å². The number of rotatable bonds is 4. The number of amidine groups is 1. The van der Waals surface area contributed by atoms with Gasteiger partial charge in [-0.05, 0) is 32.0 Å². The summed E-state index contributed by atoms with van der Waals surface area (Å²) in [6.07, 6.45) is 0. The van der Waals surface area contributed by atoms with Crippen molar-refractivity contribution in [3.63, 3.8) is 0 Å². The predicted molar refractivity (Wildman–Crippen MR) is 96.5 cm³/mol. The molecule has 1 aliphatic heterocycles. The molecule has 0 amide bonds. The molecule has 3 rings (SSSR count). The number of anilines is 1. The maximum atomic E-state index is 13.0. The van der Waals surface area contributed by atoms with Crippen LogP contribution in [0.5, 0.6) is 0 Å². The molecule has 142 valence electrons. The van der Waals surface area contributed by atoms with E-state index in [4.69, 9.17) is 5.41 Å². The van der Waals surface area contributed by atoms with E-state index in [1.165, 1.54) is 36.4 Å². The molecule has 1 fully saturated rings. The Kier molecular flexibility index (Phi) is 4.81. The lowest BCUT2D eigenvalue weighted by molar-refractivity contribution is 0.0596. The number of nitrogens with one attached hydrogen (secondary N) is 2. The molecule has 0 radical (unpaired) electrons. The molecule has 1 aliphatic rings. The predicted octanol–water partition coefficient (Wildman–Crippen LogP) is 0.788. The second-order valence-electron chi connectivity index (χ2n) is 5.84. The third-order valence-corrected chi connectivity index (χ3v) is 5.48. The fourth-order valence-electron chi connectivity index (χ4n) is 2.63. The minimum absolute atomic E-state index is 0.0669. The van der Waals surface area contributed by atoms with Gasteiger partial charge in [-0.2, -0.15) is 12.8 Å². The summed E-state index contributed by atoms with van der Waals surface area (Å²) < 4.78 is 31.4. The highest BCUT2D eigenvalue weighted by Gasteiger charge is 2.38. The zero-order valence-corrected chi connectivity index (χ0v) is 15.7. The van der Waals surface area contributed by atoms with Gasteiger partial charge in [-0.25, -0.2) is 19.8 Å². The number of carbonyl (C=O) groups is 1. The number of aromatic nitrogens is 2. The van der Waals surface area contributed by atoms with Crippen molar-refractivity contribution >= 4 is 27.8 Å². The number of esters is 1. The molecular formula is C16H18N6O4S. The number of aryl methyl sites for hydroxylation is 2. The van der Waals surface area contributed by atoms with Crippen LogP contribution >= 0.6 is 0 Å². The summed E-state index contributed by atoms with van der Waals surface area (Å²) in [5.41, 5.74) is 3.92. The summed E-state index contributed by atoms with van der Waals surface area (Å²) in [4.78, 5) is 20.2. The molecule has 10 nitrogen and oxygen atoms in total. The maximum Gasteiger partial charge on any atom is 0.339 e. The van der Waals surface area contributed by atoms with Crippen molar-refractivity contribution in [1.82, 2.24) is 19.9 Å². The van der Waals surface area contributed by atoms with E-state index >= 15 is 0 Å². The summed E-state index contributed by atoms with van der Waals surface area (Å²) in [5.74, 6) is -0.775. The average Bonchev–Trinajstić information content (AvgIpc) is 3.03. The van der Waals surface area contributed by atoms with E-state index in [1.807, 2.05) is 0 Å². The quantitative estimate of drug-likeness (QED) is 0.733. The number of hydrogen-bond donors (Lipinski definition) is 2. The second kappa shape index (κ2) is 6.93. The molecule has 1 saturated heterocycles. The third-order valence-electron chi connectivity index (χ3n) is 3.79. The molecule has 11 heteroatoms. The highest BCUT2D eigenvalue weighted by molar-refractivity contribution is 7.89. The van der Waals surface area contributed by atoms with Gasteiger partial charge in [0.25, 0.3) is 10.0 Å². The Labute approximate surface area is 156 Å². The SMILES string of the molecule is COC(=O)c1ccccc1S(=O)(=O)N1NN(c2nc(C)cc(C)n2)CC1=N. The van der Waals surface area contributed by atoms with Crippen LogP contribution < -0.4 is 10.5 Å². The monoisotopic (exact) mass is 390 g/mol. The van der Waals surface area contributed by atoms with Gasteiger partial charge in [0.1, 0.15) is 4.90 Å². The van der Waals surface area contributed by atoms with Crippen molar-refractivity contribution in [2.45, 2.75) is 18.7 Å². The fourth-order valence-corrected chi connectivity index (χ4v) is 4.06. The van der Waals surface area contributed by atoms with Crippen molar-refractivity contribution in [2.24, 2.45) is 0 Å². The maximum absolute atomic E-state index is 13.0. The molecule has 0 unspecified atom stereocenters. The number of hydrogen-bond acceptors (Lipinski definition) is 9. The summed E-state index contributed by atoms with van der Waals surface area (Å²) >= 11 is 0. The molecule has 0 aliphatic carbocycles. The second-order valence-corrected chi connectivity index (χ2v) is 7.60. The van der Waals surface area contributed by atoms with E-state index in [2.05, 4.69) is 20.2 Å². The van der Waals surface area contributed by atoms with E-state index in [-0.39, 0.29) is 28.8 Å². The Morgan fingerprint density at radius 3 is 2.48 bits per heavy atom. The minimum Gasteiger partial charge on any atom is -0.465 e. The fraction of sp³-hybridized carbons (Fsp3) is 0.250. The molecule has 0 bridgehead atoms. The van der Waals surface area contributed by atoms with Gasteiger partial charge in [-0.1, -0.05) is 12.1 Å². The van der Waals surface area contributed by atoms with Crippen molar-refractivity contribution in [3.8, 4) is 0 Å². The number of carbonyl (C=O) groups excluding carboxylic acids is 1. The van der Waals surface area contributed by atoms with Gasteiger partial charge < -0.3 is 4.74 Å². The van der Waals surface area contributed by atoms with E-state index < -0.39 is 16.0 Å². The topological polar surface area (TPSA) is 129 Å². The molecule has 2 heterocycles. The zero-order valence-electron chi connectivity index (χ0n) is 14.9. The molecule has 0 saturated carbocycles. The Morgan fingerprint density at radius 1 is 1.22 bits per heavy atom. The Morgan fingerprint density at radius 2 is 1.85 bits per heavy atom. The van der Waals surface area contributed by atoms with Crippen LogP contribution in [0.1, 0.15) is 21.7 Å². The molecule has 1 aromatic carbocycles. The molecule has 1 aromatic heterocycles. The van der Waals surface area contributed by atoms with E-state index in [0.29, 0.717) is 15.8 Å². The summed E-state index contributed by atoms with van der Waals surface area (Å²) in [6.45, 7) is 3.52. The normalized spacial score (nSPS) is 14.6. The van der Waals surface area contributed by atoms with Gasteiger partial charge >= 0.3 is 5.97 Å². The number of benzene rings is 1. The number of ether oxygens (including phenoxy) is 1. The smallest absolute Gasteiger partial charge is 0.339 e. The van der Waals surface area contributed by atoms with Gasteiger partial charge in [-0.3, -0.25) is 5.41 Å². The molecule has 0 atom stereocenters. The summed E-state index contributed by atoms with van der Waals surface area (Å²) in [6, 6.07) is 7.44. The first kappa shape index (κ1) is 18.7. The van der Waals surface area contributed by atoms with Crippen LogP contribution in [0.2, 0.25) is 0 Å². The molecule has 2 aromatic rings. The Balaban J connectivity index is 1.97. The number of sulfonamides is 1. The van der Waals surface area contributed by atoms with Crippen LogP contribution in [0.4, 0.5) is 5.95 Å². The number of methoxy groups -OCH3 is 1. The lowest BCUT2D eigenvalue weighted by atomic mass is 10.2. The van der Waals surface area contributed by atoms with Gasteiger partial charge in [-0.15, -0.1) is 5.53 Å². The molecule has 2 N–H and O–H groups in total. The van der Waals surface area contributed by atoms with Crippen molar-refractivity contribution in [1.29, 1.82) is 5.41 Å². The summed E-state index contributed by atoms with van der Waals surface area (Å²) in [7, 11) is -3.07. The van der Waals surface area contributed by atoms with Crippen LogP contribution in [-0.2, 0) is 14.8 Å². The first-order chi connectivity index (χ1) is 12.7. The van der Waals surface area contributed by atoms with Gasteiger partial charge in [0, 0.05) is 11.4 Å². The highest BCUT2D eigenvalue weighted by Crippen LogP contribution is 2.23. The lowest BCUT2D eigenvalue weighted by Crippen LogP contribution is -2.45. The third kappa shape index (κ3) is 3.46. The minimum atomic E-state index is -4.24. The van der Waals surface area contributed by atoms with E-state index in [9.17, 15) is 13.2 Å². The number of nitrogens with zero attached hydrogens (tertiary/aromatic N) is 4. The first-order valence-electron chi connectivity index (χ1n) is 7.90. The first-order valence-corrected chi connectivity index (χ1v) is 9.34. The standard InChI is InChI=1S/C16H18N6O4S/c1-10-8-11(2)19-16(18-10)21-9-14(17)22(20-21)27(24,25)13-7-5-4-6-12(13)15(23)26-3/h4-8,17,20H,9H2,1-3H3. The Bertz CT molecular complexity index is 1000. The van der Waals surface area contributed by atoms with Crippen LogP contribution in [0.25, 0.3) is 0 Å². The lowest BCUT2D eigenvalue weighted by Gasteiger charge is -2.21. The van der Waals surface area contributed by atoms with Crippen LogP contribution in [0, 0.1) is 19.3 Å². The van der Waals surface area contributed by atoms with Crippen LogP contribution in [-0.4, -0.2) is 48.3 Å². The van der Waals surface area contributed by atoms with Crippen molar-refractivity contribution in [2.75, 3.05) is 18.7 Å². The van der Waals surface area contributed by atoms with Gasteiger partial charge in [0.15, 0.2) is 5.84 Å². The van der Waals surface area contributed by atoms with Gasteiger partial charge in [0.05, 0.1) is 19.2 Å². The zero-order chi connectivity index (χ0) is 19.8. The highest BCUT2D eigenvalue weighted by atomic mass is 32.2. The van der Waals surface area contributed by atoms with Gasteiger partial charge in [0.2, 0.25) is 5.95 Å². The molecule has 0 spiro atoms. The average molecular weight is 390 g/mol. The number of hydrazine groups is 2. The molecular weight excluding hydrogens is 372 g/mol. The van der Waals surface area contributed by atoms with Crippen LogP contribution in [0.15, 0.2) is 35.2 Å². The largest absolute Gasteiger partial charge is 0.465 e.